The van der Waals surface area contributed by atoms with Crippen molar-refractivity contribution < 1.29 is 31.6 Å². The Hall–Kier alpha value is 0.992. The first-order valence-electron chi connectivity index (χ1n) is 6.23. The van der Waals surface area contributed by atoms with E-state index in [9.17, 15) is 0 Å². The molecule has 0 aliphatic carbocycles. The second-order valence-corrected chi connectivity index (χ2v) is 3.96. The van der Waals surface area contributed by atoms with Gasteiger partial charge in [-0.15, -0.1) is 24.8 Å². The molecule has 6 heteroatoms. The predicted octanol–water partition coefficient (Wildman–Crippen LogP) is 3.23. The summed E-state index contributed by atoms with van der Waals surface area (Å²) in [5, 5.41) is 0. The van der Waals surface area contributed by atoms with Crippen molar-refractivity contribution in [1.29, 1.82) is 0 Å². The van der Waals surface area contributed by atoms with Crippen LogP contribution in [0.5, 0.6) is 0 Å². The molecule has 3 aliphatic heterocycles. The van der Waals surface area contributed by atoms with Gasteiger partial charge in [-0.25, -0.2) is 0 Å². The first kappa shape index (κ1) is 24.0. The maximum atomic E-state index is 4.94. The monoisotopic (exact) mass is 340 g/mol. The fourth-order valence-corrected chi connectivity index (χ4v) is 1.53. The minimum atomic E-state index is 0. The number of hydrogen-bond acceptors (Lipinski definition) is 3. The van der Waals surface area contributed by atoms with Crippen LogP contribution in [0.3, 0.4) is 0 Å². The van der Waals surface area contributed by atoms with E-state index >= 15 is 0 Å². The fraction of sp³-hybridized carbons (Fsp3) is 1.00. The smallest absolute Gasteiger partial charge is 0.0466 e. The van der Waals surface area contributed by atoms with E-state index in [4.69, 9.17) is 14.2 Å². The zero-order chi connectivity index (χ0) is 10.6. The Labute approximate surface area is 134 Å². The zero-order valence-corrected chi connectivity index (χ0v) is 13.8. The van der Waals surface area contributed by atoms with Crippen molar-refractivity contribution >= 4 is 24.8 Å². The van der Waals surface area contributed by atoms with Crippen LogP contribution in [-0.4, -0.2) is 39.6 Å². The van der Waals surface area contributed by atoms with E-state index in [0.29, 0.717) is 0 Å². The van der Waals surface area contributed by atoms with Gasteiger partial charge in [0.25, 0.3) is 0 Å². The van der Waals surface area contributed by atoms with Gasteiger partial charge in [0.1, 0.15) is 0 Å². The molecule has 0 spiro atoms. The van der Waals surface area contributed by atoms with Crippen molar-refractivity contribution in [2.45, 2.75) is 38.5 Å². The molecule has 0 amide bonds. The Bertz CT molecular complexity index is 83.9. The van der Waals surface area contributed by atoms with Gasteiger partial charge in [-0.3, -0.25) is 0 Å². The summed E-state index contributed by atoms with van der Waals surface area (Å²) in [6.45, 7) is 6.00. The SMILES string of the molecule is C1CCOC1.C1CCOC1.C1CCOC1.Cl.Cl.[Cr]. The van der Waals surface area contributed by atoms with E-state index < -0.39 is 0 Å². The molecule has 3 rings (SSSR count). The first-order valence-corrected chi connectivity index (χ1v) is 6.23. The van der Waals surface area contributed by atoms with E-state index in [0.717, 1.165) is 39.6 Å². The molecule has 3 fully saturated rings. The molecule has 0 saturated carbocycles. The summed E-state index contributed by atoms with van der Waals surface area (Å²) >= 11 is 0. The predicted molar refractivity (Wildman–Crippen MR) is 74.7 cm³/mol. The van der Waals surface area contributed by atoms with Crippen LogP contribution in [0, 0.1) is 0 Å². The molecule has 0 bridgehead atoms. The fourth-order valence-electron chi connectivity index (χ4n) is 1.53. The molecule has 3 saturated heterocycles. The van der Waals surface area contributed by atoms with Crippen molar-refractivity contribution in [2.24, 2.45) is 0 Å². The Morgan fingerprint density at radius 2 is 0.556 bits per heavy atom. The molecular formula is C12H26Cl2CrO3. The molecule has 0 aromatic heterocycles. The van der Waals surface area contributed by atoms with Crippen LogP contribution in [0.2, 0.25) is 0 Å². The summed E-state index contributed by atoms with van der Waals surface area (Å²) in [6, 6.07) is 0. The molecule has 0 unspecified atom stereocenters. The molecular weight excluding hydrogens is 315 g/mol. The molecule has 112 valence electrons. The van der Waals surface area contributed by atoms with Gasteiger partial charge in [0.05, 0.1) is 0 Å². The summed E-state index contributed by atoms with van der Waals surface area (Å²) < 4.78 is 14.8. The molecule has 0 atom stereocenters. The molecule has 0 N–H and O–H groups in total. The second-order valence-electron chi connectivity index (χ2n) is 3.96. The summed E-state index contributed by atoms with van der Waals surface area (Å²) in [7, 11) is 0. The minimum absolute atomic E-state index is 0. The van der Waals surface area contributed by atoms with Gasteiger partial charge in [-0.2, -0.15) is 0 Å². The van der Waals surface area contributed by atoms with Gasteiger partial charge >= 0.3 is 0 Å². The van der Waals surface area contributed by atoms with Gasteiger partial charge in [0.15, 0.2) is 0 Å². The number of rotatable bonds is 0. The molecule has 3 nitrogen and oxygen atoms in total. The Kier molecular flexibility index (Phi) is 27.1. The van der Waals surface area contributed by atoms with Gasteiger partial charge in [0.2, 0.25) is 0 Å². The van der Waals surface area contributed by atoms with E-state index in [1.54, 1.807) is 0 Å². The van der Waals surface area contributed by atoms with Crippen molar-refractivity contribution in [1.82, 2.24) is 0 Å². The van der Waals surface area contributed by atoms with Crippen LogP contribution in [0.4, 0.5) is 0 Å². The Morgan fingerprint density at radius 3 is 0.611 bits per heavy atom. The molecule has 3 aliphatic rings. The Balaban J connectivity index is -0.000000173. The summed E-state index contributed by atoms with van der Waals surface area (Å²) in [6.07, 6.45) is 7.67. The topological polar surface area (TPSA) is 27.7 Å². The van der Waals surface area contributed by atoms with Crippen molar-refractivity contribution in [3.63, 3.8) is 0 Å². The summed E-state index contributed by atoms with van der Waals surface area (Å²) in [5.41, 5.74) is 0. The van der Waals surface area contributed by atoms with Gasteiger partial charge in [0, 0.05) is 57.0 Å². The van der Waals surface area contributed by atoms with Crippen LogP contribution in [-0.2, 0) is 31.6 Å². The normalized spacial score (nSPS) is 20.0. The van der Waals surface area contributed by atoms with Crippen molar-refractivity contribution in [3.8, 4) is 0 Å². The van der Waals surface area contributed by atoms with Crippen LogP contribution < -0.4 is 0 Å². The number of ether oxygens (including phenoxy) is 3. The largest absolute Gasteiger partial charge is 0.381 e. The van der Waals surface area contributed by atoms with E-state index in [1.165, 1.54) is 38.5 Å². The van der Waals surface area contributed by atoms with Crippen molar-refractivity contribution in [2.75, 3.05) is 39.6 Å². The maximum Gasteiger partial charge on any atom is 0.0466 e. The van der Waals surface area contributed by atoms with Crippen LogP contribution in [0.1, 0.15) is 38.5 Å². The number of halogens is 2. The minimum Gasteiger partial charge on any atom is -0.381 e. The van der Waals surface area contributed by atoms with Gasteiger partial charge in [-0.1, -0.05) is 0 Å². The average Bonchev–Trinajstić information content (AvgIpc) is 3.09. The Morgan fingerprint density at radius 1 is 0.389 bits per heavy atom. The third-order valence-electron chi connectivity index (χ3n) is 2.48. The quantitative estimate of drug-likeness (QED) is 0.677. The second kappa shape index (κ2) is 20.3. The summed E-state index contributed by atoms with van der Waals surface area (Å²) in [5.74, 6) is 0. The van der Waals surface area contributed by atoms with Gasteiger partial charge < -0.3 is 14.2 Å². The first-order chi connectivity index (χ1) is 7.50. The molecule has 0 aromatic carbocycles. The summed E-state index contributed by atoms with van der Waals surface area (Å²) in [4.78, 5) is 0. The van der Waals surface area contributed by atoms with E-state index in [2.05, 4.69) is 0 Å². The van der Waals surface area contributed by atoms with Crippen LogP contribution >= 0.6 is 24.8 Å². The number of hydrogen-bond donors (Lipinski definition) is 0. The van der Waals surface area contributed by atoms with E-state index in [1.807, 2.05) is 0 Å². The van der Waals surface area contributed by atoms with Crippen LogP contribution in [0.25, 0.3) is 0 Å². The molecule has 18 heavy (non-hydrogen) atoms. The van der Waals surface area contributed by atoms with Gasteiger partial charge in [-0.05, 0) is 38.5 Å². The molecule has 3 heterocycles. The zero-order valence-electron chi connectivity index (χ0n) is 10.9. The third kappa shape index (κ3) is 17.0. The third-order valence-corrected chi connectivity index (χ3v) is 2.48. The molecule has 0 radical (unpaired) electrons. The molecule has 0 aromatic rings. The van der Waals surface area contributed by atoms with Crippen LogP contribution in [0.15, 0.2) is 0 Å². The average molecular weight is 341 g/mol. The standard InChI is InChI=1S/3C4H8O.2ClH.Cr/c3*1-2-4-5-3-1;;;/h3*1-4H2;2*1H;. The maximum absolute atomic E-state index is 4.94. The van der Waals surface area contributed by atoms with Crippen molar-refractivity contribution in [3.05, 3.63) is 0 Å². The van der Waals surface area contributed by atoms with E-state index in [-0.39, 0.29) is 42.2 Å².